The highest BCUT2D eigenvalue weighted by Gasteiger charge is 2.09. The first-order chi connectivity index (χ1) is 5.25. The van der Waals surface area contributed by atoms with Crippen LogP contribution in [0.5, 0.6) is 0 Å². The number of carbonyl (C=O) groups excluding carboxylic acids is 1. The topological polar surface area (TPSA) is 39.2 Å². The third kappa shape index (κ3) is 1.91. The monoisotopic (exact) mass is 235 g/mol. The molecule has 0 aliphatic carbocycles. The number of hydrogen-bond acceptors (Lipinski definition) is 3. The summed E-state index contributed by atoms with van der Waals surface area (Å²) in [6, 6.07) is 1.48. The highest BCUT2D eigenvalue weighted by Crippen LogP contribution is 2.14. The van der Waals surface area contributed by atoms with Crippen LogP contribution in [0.1, 0.15) is 10.4 Å². The quantitative estimate of drug-likeness (QED) is 0.750. The van der Waals surface area contributed by atoms with Crippen LogP contribution in [0.4, 0.5) is 0 Å². The van der Waals surface area contributed by atoms with Crippen molar-refractivity contribution in [3.05, 3.63) is 29.0 Å². The molecule has 0 aliphatic rings. The summed E-state index contributed by atoms with van der Waals surface area (Å²) in [6.07, 6.45) is 2.84. The Morgan fingerprint density at radius 1 is 1.73 bits per heavy atom. The fourth-order valence-electron chi connectivity index (χ4n) is 0.582. The Labute approximate surface area is 76.8 Å². The minimum atomic E-state index is -0.530. The molecule has 58 valence electrons. The Balaban J connectivity index is 3.03. The van der Waals surface area contributed by atoms with E-state index < -0.39 is 5.97 Å². The van der Waals surface area contributed by atoms with Gasteiger partial charge in [-0.15, -0.1) is 0 Å². The largest absolute Gasteiger partial charge is 0.380 e. The van der Waals surface area contributed by atoms with Gasteiger partial charge in [0, 0.05) is 12.4 Å². The predicted molar refractivity (Wildman–Crippen MR) is 43.6 cm³/mol. The Bertz CT molecular complexity index is 279. The molecule has 0 N–H and O–H groups in total. The van der Waals surface area contributed by atoms with Crippen LogP contribution in [0.3, 0.4) is 0 Å². The van der Waals surface area contributed by atoms with E-state index in [1.165, 1.54) is 18.5 Å². The minimum absolute atomic E-state index is 0.275. The lowest BCUT2D eigenvalue weighted by molar-refractivity contribution is 0.0782. The number of carbonyl (C=O) groups is 1. The van der Waals surface area contributed by atoms with Gasteiger partial charge in [0.25, 0.3) is 0 Å². The van der Waals surface area contributed by atoms with Gasteiger partial charge in [-0.05, 0) is 6.07 Å². The molecule has 5 heteroatoms. The van der Waals surface area contributed by atoms with E-state index in [4.69, 9.17) is 11.6 Å². The molecule has 0 saturated heterocycles. The molecule has 0 aliphatic heterocycles. The molecular formula is C6H3BrClNO2. The van der Waals surface area contributed by atoms with Crippen LogP contribution in [-0.4, -0.2) is 11.0 Å². The second-order valence-corrected chi connectivity index (χ2v) is 2.45. The van der Waals surface area contributed by atoms with Crippen molar-refractivity contribution < 1.29 is 8.62 Å². The van der Waals surface area contributed by atoms with E-state index in [0.29, 0.717) is 5.56 Å². The number of aromatic nitrogens is 1. The number of rotatable bonds is 1. The molecule has 0 radical (unpaired) electrons. The smallest absolute Gasteiger partial charge is 0.351 e. The molecule has 11 heavy (non-hydrogen) atoms. The molecule has 3 nitrogen and oxygen atoms in total. The van der Waals surface area contributed by atoms with Crippen molar-refractivity contribution in [2.75, 3.05) is 0 Å². The Morgan fingerprint density at radius 2 is 2.45 bits per heavy atom. The summed E-state index contributed by atoms with van der Waals surface area (Å²) in [5, 5.41) is 0.275. The van der Waals surface area contributed by atoms with Crippen LogP contribution in [0.25, 0.3) is 0 Å². The molecule has 0 aromatic carbocycles. The van der Waals surface area contributed by atoms with Gasteiger partial charge < -0.3 is 3.83 Å². The molecular weight excluding hydrogens is 233 g/mol. The highest BCUT2D eigenvalue weighted by molar-refractivity contribution is 9.06. The summed E-state index contributed by atoms with van der Waals surface area (Å²) in [5.41, 5.74) is 0.290. The van der Waals surface area contributed by atoms with E-state index in [0.717, 1.165) is 0 Å². The van der Waals surface area contributed by atoms with Gasteiger partial charge in [0.1, 0.15) is 0 Å². The summed E-state index contributed by atoms with van der Waals surface area (Å²) < 4.78 is 4.28. The average molecular weight is 236 g/mol. The Morgan fingerprint density at radius 3 is 3.00 bits per heavy atom. The van der Waals surface area contributed by atoms with Gasteiger partial charge in [-0.25, -0.2) is 4.79 Å². The predicted octanol–water partition coefficient (Wildman–Crippen LogP) is 2.20. The van der Waals surface area contributed by atoms with Crippen molar-refractivity contribution in [2.45, 2.75) is 0 Å². The summed E-state index contributed by atoms with van der Waals surface area (Å²) >= 11 is 8.17. The van der Waals surface area contributed by atoms with Crippen molar-refractivity contribution in [2.24, 2.45) is 0 Å². The number of hydrogen-bond donors (Lipinski definition) is 0. The molecule has 0 saturated carbocycles. The molecule has 0 bridgehead atoms. The Hall–Kier alpha value is -0.610. The molecule has 1 rings (SSSR count). The zero-order valence-corrected chi connectivity index (χ0v) is 7.59. The molecule has 0 unspecified atom stereocenters. The molecule has 0 amide bonds. The van der Waals surface area contributed by atoms with Gasteiger partial charge in [0.05, 0.1) is 10.6 Å². The molecule has 1 heterocycles. The average Bonchev–Trinajstić information content (AvgIpc) is 2.04. The standard InChI is InChI=1S/C6H3BrClNO2/c7-11-6(10)4-1-2-9-3-5(4)8/h1-3H. The highest BCUT2D eigenvalue weighted by atomic mass is 79.9. The minimum Gasteiger partial charge on any atom is -0.380 e. The SMILES string of the molecule is O=C(OBr)c1ccncc1Cl. The van der Waals surface area contributed by atoms with Gasteiger partial charge in [-0.1, -0.05) is 11.6 Å². The van der Waals surface area contributed by atoms with Crippen LogP contribution in [0, 0.1) is 0 Å². The lowest BCUT2D eigenvalue weighted by atomic mass is 10.3. The fraction of sp³-hybridized carbons (Fsp3) is 0. The fourth-order valence-corrected chi connectivity index (χ4v) is 0.953. The first kappa shape index (κ1) is 8.49. The zero-order chi connectivity index (χ0) is 8.27. The normalized spacial score (nSPS) is 9.27. The molecule has 1 aromatic heterocycles. The lowest BCUT2D eigenvalue weighted by Crippen LogP contribution is -1.98. The molecule has 0 fully saturated rings. The zero-order valence-electron chi connectivity index (χ0n) is 5.25. The van der Waals surface area contributed by atoms with Crippen LogP contribution >= 0.6 is 27.9 Å². The Kier molecular flexibility index (Phi) is 2.84. The van der Waals surface area contributed by atoms with E-state index in [1.807, 2.05) is 0 Å². The third-order valence-corrected chi connectivity index (χ3v) is 1.66. The second kappa shape index (κ2) is 3.69. The van der Waals surface area contributed by atoms with Crippen molar-refractivity contribution in [1.82, 2.24) is 4.98 Å². The van der Waals surface area contributed by atoms with Gasteiger partial charge in [0.2, 0.25) is 0 Å². The summed E-state index contributed by atoms with van der Waals surface area (Å²) in [5.74, 6) is -0.530. The van der Waals surface area contributed by atoms with Crippen molar-refractivity contribution >= 4 is 33.8 Å². The van der Waals surface area contributed by atoms with E-state index in [1.54, 1.807) is 0 Å². The molecule has 0 spiro atoms. The first-order valence-electron chi connectivity index (χ1n) is 2.68. The van der Waals surface area contributed by atoms with Gasteiger partial charge in [0.15, 0.2) is 16.3 Å². The second-order valence-electron chi connectivity index (χ2n) is 1.72. The maximum absolute atomic E-state index is 10.9. The summed E-state index contributed by atoms with van der Waals surface area (Å²) in [7, 11) is 0. The van der Waals surface area contributed by atoms with E-state index in [-0.39, 0.29) is 5.02 Å². The van der Waals surface area contributed by atoms with Gasteiger partial charge >= 0.3 is 5.97 Å². The van der Waals surface area contributed by atoms with Crippen molar-refractivity contribution in [3.63, 3.8) is 0 Å². The summed E-state index contributed by atoms with van der Waals surface area (Å²) in [4.78, 5) is 14.6. The number of halogens is 2. The maximum atomic E-state index is 10.9. The summed E-state index contributed by atoms with van der Waals surface area (Å²) in [6.45, 7) is 0. The van der Waals surface area contributed by atoms with Crippen LogP contribution in [0.15, 0.2) is 18.5 Å². The van der Waals surface area contributed by atoms with E-state index in [9.17, 15) is 4.79 Å². The van der Waals surface area contributed by atoms with Crippen molar-refractivity contribution in [1.29, 1.82) is 0 Å². The van der Waals surface area contributed by atoms with Crippen LogP contribution in [0.2, 0.25) is 5.02 Å². The van der Waals surface area contributed by atoms with Crippen LogP contribution < -0.4 is 0 Å². The van der Waals surface area contributed by atoms with Crippen LogP contribution in [-0.2, 0) is 3.83 Å². The van der Waals surface area contributed by atoms with Crippen molar-refractivity contribution in [3.8, 4) is 0 Å². The van der Waals surface area contributed by atoms with E-state index >= 15 is 0 Å². The molecule has 0 atom stereocenters. The molecule has 1 aromatic rings. The van der Waals surface area contributed by atoms with Gasteiger partial charge in [-0.2, -0.15) is 0 Å². The number of pyridine rings is 1. The maximum Gasteiger partial charge on any atom is 0.351 e. The number of nitrogens with zero attached hydrogens (tertiary/aromatic N) is 1. The lowest BCUT2D eigenvalue weighted by Gasteiger charge is -1.96. The van der Waals surface area contributed by atoms with Gasteiger partial charge in [-0.3, -0.25) is 4.98 Å². The van der Waals surface area contributed by atoms with E-state index in [2.05, 4.69) is 25.1 Å². The first-order valence-corrected chi connectivity index (χ1v) is 3.70. The third-order valence-electron chi connectivity index (χ3n) is 1.06.